The normalized spacial score (nSPS) is 14.4. The van der Waals surface area contributed by atoms with E-state index in [1.54, 1.807) is 11.0 Å². The zero-order valence-corrected chi connectivity index (χ0v) is 8.34. The van der Waals surface area contributed by atoms with Gasteiger partial charge in [0, 0.05) is 6.04 Å². The van der Waals surface area contributed by atoms with Crippen molar-refractivity contribution in [3.8, 4) is 0 Å². The van der Waals surface area contributed by atoms with E-state index < -0.39 is 0 Å². The maximum Gasteiger partial charge on any atom is 0.243 e. The Bertz CT molecular complexity index is 307. The van der Waals surface area contributed by atoms with E-state index in [9.17, 15) is 4.79 Å². The average molecular weight is 194 g/mol. The molecule has 5 nitrogen and oxygen atoms in total. The van der Waals surface area contributed by atoms with Crippen molar-refractivity contribution >= 4 is 5.91 Å². The van der Waals surface area contributed by atoms with Gasteiger partial charge in [0.1, 0.15) is 12.7 Å². The summed E-state index contributed by atoms with van der Waals surface area (Å²) < 4.78 is 1.70. The van der Waals surface area contributed by atoms with Crippen LogP contribution in [0, 0.1) is 0 Å². The lowest BCUT2D eigenvalue weighted by Crippen LogP contribution is -2.37. The maximum absolute atomic E-state index is 11.0. The summed E-state index contributed by atoms with van der Waals surface area (Å²) >= 11 is 0. The van der Waals surface area contributed by atoms with Crippen LogP contribution in [0.4, 0.5) is 0 Å². The lowest BCUT2D eigenvalue weighted by atomic mass is 10.2. The zero-order valence-electron chi connectivity index (χ0n) is 8.34. The van der Waals surface area contributed by atoms with Gasteiger partial charge < -0.3 is 5.32 Å². The van der Waals surface area contributed by atoms with Gasteiger partial charge >= 0.3 is 0 Å². The van der Waals surface area contributed by atoms with Crippen molar-refractivity contribution in [1.29, 1.82) is 0 Å². The molecule has 0 bridgehead atoms. The van der Waals surface area contributed by atoms with Crippen molar-refractivity contribution in [3.05, 3.63) is 25.3 Å². The second-order valence-corrected chi connectivity index (χ2v) is 3.12. The number of carbonyl (C=O) groups excluding carboxylic acids is 1. The number of hydrogen-bond donors (Lipinski definition) is 1. The van der Waals surface area contributed by atoms with Gasteiger partial charge in [-0.05, 0) is 19.9 Å². The molecule has 0 spiro atoms. The standard InChI is InChI=1S/C9H14N4O/c1-4-9(14)12-7(2)8(3)13-6-10-5-11-13/h4-8H,1H2,2-3H3,(H,12,14)/t7-,8+/m0/s1. The van der Waals surface area contributed by atoms with Crippen LogP contribution in [0.3, 0.4) is 0 Å². The number of nitrogens with zero attached hydrogens (tertiary/aromatic N) is 3. The van der Waals surface area contributed by atoms with Gasteiger partial charge in [-0.1, -0.05) is 6.58 Å². The summed E-state index contributed by atoms with van der Waals surface area (Å²) in [5.41, 5.74) is 0. The van der Waals surface area contributed by atoms with Gasteiger partial charge in [0.2, 0.25) is 5.91 Å². The highest BCUT2D eigenvalue weighted by molar-refractivity contribution is 5.87. The molecule has 1 aromatic rings. The summed E-state index contributed by atoms with van der Waals surface area (Å²) in [5, 5.41) is 6.77. The van der Waals surface area contributed by atoms with Crippen molar-refractivity contribution in [1.82, 2.24) is 20.1 Å². The summed E-state index contributed by atoms with van der Waals surface area (Å²) in [6.45, 7) is 7.26. The minimum Gasteiger partial charge on any atom is -0.348 e. The van der Waals surface area contributed by atoms with Crippen molar-refractivity contribution in [2.24, 2.45) is 0 Å². The molecular weight excluding hydrogens is 180 g/mol. The van der Waals surface area contributed by atoms with Gasteiger partial charge in [-0.25, -0.2) is 9.67 Å². The second-order valence-electron chi connectivity index (χ2n) is 3.12. The highest BCUT2D eigenvalue weighted by atomic mass is 16.1. The van der Waals surface area contributed by atoms with E-state index in [1.165, 1.54) is 12.4 Å². The molecule has 0 saturated carbocycles. The quantitative estimate of drug-likeness (QED) is 0.711. The van der Waals surface area contributed by atoms with Crippen LogP contribution in [0.15, 0.2) is 25.3 Å². The van der Waals surface area contributed by atoms with Gasteiger partial charge in [0.15, 0.2) is 0 Å². The predicted octanol–water partition coefficient (Wildman–Crippen LogP) is 0.530. The fourth-order valence-electron chi connectivity index (χ4n) is 1.06. The Morgan fingerprint density at radius 1 is 1.64 bits per heavy atom. The smallest absolute Gasteiger partial charge is 0.243 e. The molecule has 1 heterocycles. The first-order chi connectivity index (χ1) is 6.65. The number of carbonyl (C=O) groups is 1. The molecule has 1 rings (SSSR count). The molecule has 0 aliphatic heterocycles. The van der Waals surface area contributed by atoms with Gasteiger partial charge in [0.05, 0.1) is 6.04 Å². The van der Waals surface area contributed by atoms with Crippen molar-refractivity contribution in [3.63, 3.8) is 0 Å². The predicted molar refractivity (Wildman–Crippen MR) is 52.5 cm³/mol. The van der Waals surface area contributed by atoms with Gasteiger partial charge in [-0.2, -0.15) is 5.10 Å². The maximum atomic E-state index is 11.0. The number of rotatable bonds is 4. The SMILES string of the molecule is C=CC(=O)N[C@@H](C)[C@@H](C)n1cncn1. The Kier molecular flexibility index (Phi) is 3.39. The first-order valence-electron chi connectivity index (χ1n) is 4.42. The molecular formula is C9H14N4O. The molecule has 0 unspecified atom stereocenters. The van der Waals surface area contributed by atoms with Crippen molar-refractivity contribution in [2.75, 3.05) is 0 Å². The van der Waals surface area contributed by atoms with E-state index >= 15 is 0 Å². The highest BCUT2D eigenvalue weighted by Gasteiger charge is 2.15. The van der Waals surface area contributed by atoms with Gasteiger partial charge in [-0.15, -0.1) is 0 Å². The molecule has 0 saturated heterocycles. The first-order valence-corrected chi connectivity index (χ1v) is 4.42. The van der Waals surface area contributed by atoms with Crippen LogP contribution >= 0.6 is 0 Å². The number of aromatic nitrogens is 3. The molecule has 14 heavy (non-hydrogen) atoms. The monoisotopic (exact) mass is 194 g/mol. The Balaban J connectivity index is 2.57. The minimum absolute atomic E-state index is 0.0119. The molecule has 5 heteroatoms. The van der Waals surface area contributed by atoms with Crippen LogP contribution < -0.4 is 5.32 Å². The molecule has 1 N–H and O–H groups in total. The summed E-state index contributed by atoms with van der Waals surface area (Å²) in [6, 6.07) is 0.0589. The van der Waals surface area contributed by atoms with Gasteiger partial charge in [-0.3, -0.25) is 4.79 Å². The molecule has 1 amide bonds. The van der Waals surface area contributed by atoms with Crippen molar-refractivity contribution in [2.45, 2.75) is 25.9 Å². The van der Waals surface area contributed by atoms with Crippen LogP contribution in [0.25, 0.3) is 0 Å². The minimum atomic E-state index is -0.176. The Labute approximate surface area is 82.8 Å². The summed E-state index contributed by atoms with van der Waals surface area (Å²) in [4.78, 5) is 14.9. The number of amides is 1. The number of hydrogen-bond acceptors (Lipinski definition) is 3. The van der Waals surface area contributed by atoms with Crippen LogP contribution in [0.2, 0.25) is 0 Å². The summed E-state index contributed by atoms with van der Waals surface area (Å²) in [5.74, 6) is -0.176. The topological polar surface area (TPSA) is 59.8 Å². The largest absolute Gasteiger partial charge is 0.348 e. The molecule has 0 aliphatic carbocycles. The lowest BCUT2D eigenvalue weighted by Gasteiger charge is -2.20. The van der Waals surface area contributed by atoms with Crippen molar-refractivity contribution < 1.29 is 4.79 Å². The van der Waals surface area contributed by atoms with E-state index in [-0.39, 0.29) is 18.0 Å². The third kappa shape index (κ3) is 2.42. The highest BCUT2D eigenvalue weighted by Crippen LogP contribution is 2.07. The molecule has 0 fully saturated rings. The molecule has 1 aromatic heterocycles. The summed E-state index contributed by atoms with van der Waals surface area (Å²) in [7, 11) is 0. The van der Waals surface area contributed by atoms with Gasteiger partial charge in [0.25, 0.3) is 0 Å². The third-order valence-electron chi connectivity index (χ3n) is 2.13. The fraction of sp³-hybridized carbons (Fsp3) is 0.444. The fourth-order valence-corrected chi connectivity index (χ4v) is 1.06. The van der Waals surface area contributed by atoms with Crippen LogP contribution in [0.1, 0.15) is 19.9 Å². The molecule has 2 atom stereocenters. The molecule has 0 radical (unpaired) electrons. The van der Waals surface area contributed by atoms with Crippen LogP contribution in [-0.2, 0) is 4.79 Å². The van der Waals surface area contributed by atoms with E-state index in [0.29, 0.717) is 0 Å². The van der Waals surface area contributed by atoms with E-state index in [1.807, 2.05) is 13.8 Å². The number of nitrogens with one attached hydrogen (secondary N) is 1. The Hall–Kier alpha value is -1.65. The third-order valence-corrected chi connectivity index (χ3v) is 2.13. The second kappa shape index (κ2) is 4.55. The Morgan fingerprint density at radius 2 is 2.36 bits per heavy atom. The van der Waals surface area contributed by atoms with E-state index in [0.717, 1.165) is 0 Å². The van der Waals surface area contributed by atoms with Crippen LogP contribution in [-0.4, -0.2) is 26.7 Å². The zero-order chi connectivity index (χ0) is 10.6. The Morgan fingerprint density at radius 3 is 2.86 bits per heavy atom. The summed E-state index contributed by atoms with van der Waals surface area (Å²) in [6.07, 6.45) is 4.35. The molecule has 0 aromatic carbocycles. The van der Waals surface area contributed by atoms with Crippen LogP contribution in [0.5, 0.6) is 0 Å². The van der Waals surface area contributed by atoms with E-state index in [4.69, 9.17) is 0 Å². The lowest BCUT2D eigenvalue weighted by molar-refractivity contribution is -0.117. The average Bonchev–Trinajstić information content (AvgIpc) is 2.69. The molecule has 76 valence electrons. The first kappa shape index (κ1) is 10.4. The van der Waals surface area contributed by atoms with E-state index in [2.05, 4.69) is 22.0 Å². The molecule has 0 aliphatic rings.